The van der Waals surface area contributed by atoms with Crippen molar-refractivity contribution in [3.63, 3.8) is 0 Å². The predicted molar refractivity (Wildman–Crippen MR) is 96.2 cm³/mol. The molecule has 0 aromatic carbocycles. The molecule has 27 heavy (non-hydrogen) atoms. The quantitative estimate of drug-likeness (QED) is 0.657. The Morgan fingerprint density at radius 1 is 1.26 bits per heavy atom. The lowest BCUT2D eigenvalue weighted by atomic mass is 9.53. The highest BCUT2D eigenvalue weighted by molar-refractivity contribution is 6.05. The molecular weight excluding hydrogens is 348 g/mol. The zero-order chi connectivity index (χ0) is 18.8. The van der Waals surface area contributed by atoms with Crippen molar-refractivity contribution in [1.82, 2.24) is 19.6 Å². The molecule has 0 atom stereocenters. The molecule has 4 bridgehead atoms. The lowest BCUT2D eigenvalue weighted by Crippen LogP contribution is -2.52. The Bertz CT molecular complexity index is 894. The maximum absolute atomic E-state index is 12.6. The highest BCUT2D eigenvalue weighted by Gasteiger charge is 2.52. The largest absolute Gasteiger partial charge is 0.320 e. The molecule has 4 aliphatic carbocycles. The summed E-state index contributed by atoms with van der Waals surface area (Å²) in [6, 6.07) is 1.78. The van der Waals surface area contributed by atoms with Crippen LogP contribution in [0.25, 0.3) is 0 Å². The summed E-state index contributed by atoms with van der Waals surface area (Å²) < 4.78 is 3.26. The molecule has 0 saturated heterocycles. The molecule has 1 amide bonds. The maximum atomic E-state index is 12.6. The topological polar surface area (TPSA) is 108 Å². The Labute approximate surface area is 155 Å². The monoisotopic (exact) mass is 370 g/mol. The molecule has 9 nitrogen and oxygen atoms in total. The van der Waals surface area contributed by atoms with Crippen LogP contribution in [0.15, 0.2) is 18.5 Å². The van der Waals surface area contributed by atoms with Gasteiger partial charge in [-0.15, -0.1) is 0 Å². The fourth-order valence-corrected chi connectivity index (χ4v) is 6.00. The lowest BCUT2D eigenvalue weighted by Gasteiger charge is -2.56. The molecule has 0 spiro atoms. The maximum Gasteiger partial charge on any atom is 0.320 e. The van der Waals surface area contributed by atoms with Crippen molar-refractivity contribution >= 4 is 17.4 Å². The van der Waals surface area contributed by atoms with Gasteiger partial charge in [-0.25, -0.2) is 0 Å². The summed E-state index contributed by atoms with van der Waals surface area (Å²) in [5.74, 6) is 2.26. The summed E-state index contributed by atoms with van der Waals surface area (Å²) in [4.78, 5) is 23.1. The molecule has 4 aliphatic rings. The average molecular weight is 370 g/mol. The van der Waals surface area contributed by atoms with E-state index in [0.717, 1.165) is 24.0 Å². The predicted octanol–water partition coefficient (Wildman–Crippen LogP) is 2.70. The third kappa shape index (κ3) is 2.55. The van der Waals surface area contributed by atoms with E-state index >= 15 is 0 Å². The molecule has 4 saturated carbocycles. The standard InChI is InChI=1S/C18H22N6O3/c1-22-16(14(10-19-22)24(26)27)17(25)20-15-2-3-23(21-15)18-7-11-4-12(8-18)6-13(5-11)9-18/h2-3,10-13H,4-9H2,1H3,(H,20,21,25). The number of anilines is 1. The zero-order valence-electron chi connectivity index (χ0n) is 15.2. The highest BCUT2D eigenvalue weighted by Crippen LogP contribution is 2.58. The molecular formula is C18H22N6O3. The number of nitrogens with zero attached hydrogens (tertiary/aromatic N) is 5. The second-order valence-corrected chi connectivity index (χ2v) is 8.50. The smallest absolute Gasteiger partial charge is 0.304 e. The second-order valence-electron chi connectivity index (χ2n) is 8.50. The third-order valence-electron chi connectivity index (χ3n) is 6.65. The Kier molecular flexibility index (Phi) is 3.44. The summed E-state index contributed by atoms with van der Waals surface area (Å²) in [7, 11) is 1.51. The van der Waals surface area contributed by atoms with Crippen molar-refractivity contribution in [2.24, 2.45) is 24.8 Å². The van der Waals surface area contributed by atoms with E-state index in [1.165, 1.54) is 50.3 Å². The van der Waals surface area contributed by atoms with Gasteiger partial charge in [-0.05, 0) is 56.3 Å². The van der Waals surface area contributed by atoms with E-state index in [1.54, 1.807) is 6.07 Å². The molecule has 2 heterocycles. The molecule has 4 fully saturated rings. The fourth-order valence-electron chi connectivity index (χ4n) is 6.00. The number of aromatic nitrogens is 4. The van der Waals surface area contributed by atoms with E-state index in [1.807, 2.05) is 10.9 Å². The van der Waals surface area contributed by atoms with Crippen LogP contribution in [0.2, 0.25) is 0 Å². The second kappa shape index (κ2) is 5.64. The summed E-state index contributed by atoms with van der Waals surface area (Å²) in [6.07, 6.45) is 10.6. The van der Waals surface area contributed by atoms with Crippen LogP contribution < -0.4 is 5.32 Å². The van der Waals surface area contributed by atoms with Gasteiger partial charge in [-0.3, -0.25) is 24.3 Å². The van der Waals surface area contributed by atoms with Crippen molar-refractivity contribution < 1.29 is 9.72 Å². The number of hydrogen-bond acceptors (Lipinski definition) is 5. The Morgan fingerprint density at radius 2 is 1.89 bits per heavy atom. The Morgan fingerprint density at radius 3 is 2.48 bits per heavy atom. The number of nitrogens with one attached hydrogen (secondary N) is 1. The molecule has 0 aliphatic heterocycles. The third-order valence-corrected chi connectivity index (χ3v) is 6.65. The lowest BCUT2D eigenvalue weighted by molar-refractivity contribution is -0.385. The molecule has 0 radical (unpaired) electrons. The first kappa shape index (κ1) is 16.5. The van der Waals surface area contributed by atoms with E-state index < -0.39 is 10.8 Å². The van der Waals surface area contributed by atoms with E-state index in [-0.39, 0.29) is 16.9 Å². The van der Waals surface area contributed by atoms with Gasteiger partial charge in [0.2, 0.25) is 5.69 Å². The molecule has 142 valence electrons. The van der Waals surface area contributed by atoms with Crippen molar-refractivity contribution in [2.75, 3.05) is 5.32 Å². The summed E-state index contributed by atoms with van der Waals surface area (Å²) in [5, 5.41) is 22.3. The van der Waals surface area contributed by atoms with Crippen LogP contribution in [0.5, 0.6) is 0 Å². The number of nitro groups is 1. The first-order chi connectivity index (χ1) is 12.9. The zero-order valence-corrected chi connectivity index (χ0v) is 15.2. The highest BCUT2D eigenvalue weighted by atomic mass is 16.6. The van der Waals surface area contributed by atoms with E-state index in [2.05, 4.69) is 15.5 Å². The first-order valence-electron chi connectivity index (χ1n) is 9.47. The van der Waals surface area contributed by atoms with Gasteiger partial charge in [0.15, 0.2) is 5.82 Å². The first-order valence-corrected chi connectivity index (χ1v) is 9.47. The van der Waals surface area contributed by atoms with Gasteiger partial charge >= 0.3 is 5.69 Å². The van der Waals surface area contributed by atoms with Gasteiger partial charge in [-0.2, -0.15) is 10.2 Å². The van der Waals surface area contributed by atoms with Crippen molar-refractivity contribution in [1.29, 1.82) is 0 Å². The van der Waals surface area contributed by atoms with Gasteiger partial charge < -0.3 is 5.32 Å². The SMILES string of the molecule is Cn1ncc([N+](=O)[O-])c1C(=O)Nc1ccn(C23CC4CC(CC(C4)C2)C3)n1. The normalized spacial score (nSPS) is 31.2. The van der Waals surface area contributed by atoms with Gasteiger partial charge in [0.05, 0.1) is 10.5 Å². The molecule has 9 heteroatoms. The molecule has 2 aromatic rings. The number of rotatable bonds is 4. The minimum absolute atomic E-state index is 0.0793. The van der Waals surface area contributed by atoms with Gasteiger partial charge in [0, 0.05) is 19.3 Å². The van der Waals surface area contributed by atoms with Crippen LogP contribution in [-0.2, 0) is 12.6 Å². The van der Waals surface area contributed by atoms with Crippen LogP contribution >= 0.6 is 0 Å². The van der Waals surface area contributed by atoms with Crippen LogP contribution in [0.4, 0.5) is 11.5 Å². The summed E-state index contributed by atoms with van der Waals surface area (Å²) in [6.45, 7) is 0. The number of hydrogen-bond donors (Lipinski definition) is 1. The Hall–Kier alpha value is -2.71. The van der Waals surface area contributed by atoms with Crippen LogP contribution in [0.3, 0.4) is 0 Å². The van der Waals surface area contributed by atoms with Crippen LogP contribution in [0.1, 0.15) is 49.0 Å². The number of aryl methyl sites for hydroxylation is 1. The molecule has 2 aromatic heterocycles. The van der Waals surface area contributed by atoms with Crippen LogP contribution in [-0.4, -0.2) is 30.4 Å². The van der Waals surface area contributed by atoms with Crippen LogP contribution in [0, 0.1) is 27.9 Å². The van der Waals surface area contributed by atoms with Crippen molar-refractivity contribution in [3.8, 4) is 0 Å². The van der Waals surface area contributed by atoms with Gasteiger partial charge in [0.25, 0.3) is 5.91 Å². The van der Waals surface area contributed by atoms with E-state index in [4.69, 9.17) is 0 Å². The number of carbonyl (C=O) groups excluding carboxylic acids is 1. The van der Waals surface area contributed by atoms with Crippen molar-refractivity contribution in [3.05, 3.63) is 34.3 Å². The number of amides is 1. The van der Waals surface area contributed by atoms with E-state index in [9.17, 15) is 14.9 Å². The molecule has 6 rings (SSSR count). The summed E-state index contributed by atoms with van der Waals surface area (Å²) >= 11 is 0. The van der Waals surface area contributed by atoms with Gasteiger partial charge in [0.1, 0.15) is 6.20 Å². The van der Waals surface area contributed by atoms with E-state index in [0.29, 0.717) is 5.82 Å². The summed E-state index contributed by atoms with van der Waals surface area (Å²) in [5.41, 5.74) is -0.309. The van der Waals surface area contributed by atoms with Gasteiger partial charge in [-0.1, -0.05) is 0 Å². The molecule has 0 unspecified atom stereocenters. The Balaban J connectivity index is 1.38. The van der Waals surface area contributed by atoms with Crippen molar-refractivity contribution in [2.45, 2.75) is 44.1 Å². The minimum atomic E-state index is -0.601. The number of carbonyl (C=O) groups is 1. The fraction of sp³-hybridized carbons (Fsp3) is 0.611. The molecule has 1 N–H and O–H groups in total. The average Bonchev–Trinajstić information content (AvgIpc) is 3.20. The minimum Gasteiger partial charge on any atom is -0.304 e.